The minimum atomic E-state index is -3.58. The molecule has 0 bridgehead atoms. The van der Waals surface area contributed by atoms with E-state index in [-0.39, 0.29) is 9.77 Å². The van der Waals surface area contributed by atoms with Gasteiger partial charge in [-0.3, -0.25) is 4.79 Å². The molecule has 0 aliphatic carbocycles. The fraction of sp³-hybridized carbons (Fsp3) is 0.211. The largest absolute Gasteiger partial charge is 0.353 e. The van der Waals surface area contributed by atoms with Crippen LogP contribution >= 0.6 is 22.9 Å². The Bertz CT molecular complexity index is 1350. The smallest absolute Gasteiger partial charge is 0.264 e. The summed E-state index contributed by atoms with van der Waals surface area (Å²) in [5.74, 6) is 0.926. The second-order valence-electron chi connectivity index (χ2n) is 6.82. The van der Waals surface area contributed by atoms with Crippen LogP contribution < -0.4 is 10.5 Å². The second-order valence-corrected chi connectivity index (χ2v) is 10.9. The molecule has 3 aromatic heterocycles. The second kappa shape index (κ2) is 7.58. The molecule has 1 aromatic carbocycles. The minimum absolute atomic E-state index is 0.276. The molecule has 154 valence electrons. The Morgan fingerprint density at radius 1 is 0.967 bits per heavy atom. The highest BCUT2D eigenvalue weighted by molar-refractivity contribution is 7.91. The summed E-state index contributed by atoms with van der Waals surface area (Å²) in [7, 11) is -3.58. The van der Waals surface area contributed by atoms with E-state index in [0.29, 0.717) is 36.8 Å². The molecule has 11 heteroatoms. The van der Waals surface area contributed by atoms with E-state index in [4.69, 9.17) is 0 Å². The maximum absolute atomic E-state index is 13.1. The molecule has 1 N–H and O–H groups in total. The van der Waals surface area contributed by atoms with Gasteiger partial charge in [0, 0.05) is 37.6 Å². The first-order valence-corrected chi connectivity index (χ1v) is 12.3. The van der Waals surface area contributed by atoms with Gasteiger partial charge in [-0.15, -0.1) is 11.3 Å². The van der Waals surface area contributed by atoms with Crippen molar-refractivity contribution in [3.63, 3.8) is 0 Å². The van der Waals surface area contributed by atoms with Gasteiger partial charge in [-0.05, 0) is 41.9 Å². The first kappa shape index (κ1) is 19.4. The van der Waals surface area contributed by atoms with E-state index in [9.17, 15) is 13.2 Å². The van der Waals surface area contributed by atoms with Crippen LogP contribution in [0.25, 0.3) is 20.7 Å². The van der Waals surface area contributed by atoms with Crippen molar-refractivity contribution in [1.29, 1.82) is 0 Å². The van der Waals surface area contributed by atoms with Crippen molar-refractivity contribution in [1.82, 2.24) is 18.9 Å². The SMILES string of the molecule is O=c1ccc(-c2ccc(S(=O)(=O)N3CCN(c4nsc5ccccc45)CC3)s2)n[nH]1. The van der Waals surface area contributed by atoms with Gasteiger partial charge in [0.25, 0.3) is 15.6 Å². The topological polar surface area (TPSA) is 99.3 Å². The van der Waals surface area contributed by atoms with Gasteiger partial charge < -0.3 is 4.90 Å². The van der Waals surface area contributed by atoms with Crippen LogP contribution in [0, 0.1) is 0 Å². The van der Waals surface area contributed by atoms with Gasteiger partial charge in [0.2, 0.25) is 0 Å². The van der Waals surface area contributed by atoms with Gasteiger partial charge in [-0.2, -0.15) is 13.8 Å². The van der Waals surface area contributed by atoms with Gasteiger partial charge in [0.15, 0.2) is 0 Å². The highest BCUT2D eigenvalue weighted by Gasteiger charge is 2.31. The predicted molar refractivity (Wildman–Crippen MR) is 119 cm³/mol. The quantitative estimate of drug-likeness (QED) is 0.504. The third-order valence-corrected chi connectivity index (χ3v) is 9.29. The van der Waals surface area contributed by atoms with Crippen LogP contribution in [0.15, 0.2) is 57.5 Å². The van der Waals surface area contributed by atoms with Crippen LogP contribution in [0.2, 0.25) is 0 Å². The molecular formula is C19H17N5O3S3. The summed E-state index contributed by atoms with van der Waals surface area (Å²) in [6, 6.07) is 14.4. The number of aromatic amines is 1. The number of fused-ring (bicyclic) bond motifs is 1. The first-order chi connectivity index (χ1) is 14.5. The van der Waals surface area contributed by atoms with Crippen molar-refractivity contribution in [3.05, 3.63) is 58.9 Å². The lowest BCUT2D eigenvalue weighted by molar-refractivity contribution is 0.385. The molecule has 4 heterocycles. The van der Waals surface area contributed by atoms with E-state index in [2.05, 4.69) is 25.5 Å². The fourth-order valence-electron chi connectivity index (χ4n) is 3.45. The highest BCUT2D eigenvalue weighted by Crippen LogP contribution is 2.33. The number of aromatic nitrogens is 3. The zero-order valence-corrected chi connectivity index (χ0v) is 18.1. The van der Waals surface area contributed by atoms with Gasteiger partial charge in [0.1, 0.15) is 15.7 Å². The maximum atomic E-state index is 13.1. The Hall–Kier alpha value is -2.60. The molecule has 1 fully saturated rings. The zero-order valence-electron chi connectivity index (χ0n) is 15.7. The average Bonchev–Trinajstić information content (AvgIpc) is 3.42. The monoisotopic (exact) mass is 459 g/mol. The number of thiophene rings is 1. The molecule has 5 rings (SSSR count). The van der Waals surface area contributed by atoms with Gasteiger partial charge in [0.05, 0.1) is 9.58 Å². The number of rotatable bonds is 4. The summed E-state index contributed by atoms with van der Waals surface area (Å²) in [6.07, 6.45) is 0. The van der Waals surface area contributed by atoms with Crippen LogP contribution in [-0.2, 0) is 10.0 Å². The fourth-order valence-corrected chi connectivity index (χ4v) is 7.09. The van der Waals surface area contributed by atoms with E-state index in [0.717, 1.165) is 27.2 Å². The van der Waals surface area contributed by atoms with E-state index in [1.54, 1.807) is 18.2 Å². The lowest BCUT2D eigenvalue weighted by Crippen LogP contribution is -2.48. The van der Waals surface area contributed by atoms with Gasteiger partial charge in [-0.25, -0.2) is 13.5 Å². The number of hydrogen-bond donors (Lipinski definition) is 1. The molecule has 30 heavy (non-hydrogen) atoms. The molecule has 0 radical (unpaired) electrons. The molecular weight excluding hydrogens is 442 g/mol. The zero-order chi connectivity index (χ0) is 20.7. The van der Waals surface area contributed by atoms with Crippen molar-refractivity contribution in [3.8, 4) is 10.6 Å². The summed E-state index contributed by atoms with van der Waals surface area (Å²) < 4.78 is 33.7. The third kappa shape index (κ3) is 3.43. The Morgan fingerprint density at radius 3 is 2.53 bits per heavy atom. The molecule has 1 saturated heterocycles. The number of H-pyrrole nitrogens is 1. The van der Waals surface area contributed by atoms with Crippen LogP contribution in [-0.4, -0.2) is 53.5 Å². The van der Waals surface area contributed by atoms with Crippen LogP contribution in [0.1, 0.15) is 0 Å². The average molecular weight is 460 g/mol. The van der Waals surface area contributed by atoms with Gasteiger partial charge in [-0.1, -0.05) is 12.1 Å². The first-order valence-electron chi connectivity index (χ1n) is 9.28. The standard InChI is InChI=1S/C19H17N5O3S3/c25-17-7-5-14(20-21-17)16-6-8-18(28-16)30(26,27)24-11-9-23(10-12-24)19-13-3-1-2-4-15(13)29-22-19/h1-8H,9-12H2,(H,21,25). The number of benzene rings is 1. The summed E-state index contributed by atoms with van der Waals surface area (Å²) in [5.41, 5.74) is 0.246. The number of piperazine rings is 1. The van der Waals surface area contributed by atoms with E-state index >= 15 is 0 Å². The van der Waals surface area contributed by atoms with Crippen molar-refractivity contribution < 1.29 is 8.42 Å². The van der Waals surface area contributed by atoms with E-state index in [1.807, 2.05) is 18.2 Å². The minimum Gasteiger partial charge on any atom is -0.353 e. The van der Waals surface area contributed by atoms with Crippen molar-refractivity contribution >= 4 is 48.8 Å². The Kier molecular flexibility index (Phi) is 4.89. The van der Waals surface area contributed by atoms with Crippen LogP contribution in [0.3, 0.4) is 0 Å². The lowest BCUT2D eigenvalue weighted by atomic mass is 10.2. The number of sulfonamides is 1. The summed E-state index contributed by atoms with van der Waals surface area (Å²) in [6.45, 7) is 1.98. The molecule has 8 nitrogen and oxygen atoms in total. The summed E-state index contributed by atoms with van der Waals surface area (Å²) >= 11 is 2.62. The maximum Gasteiger partial charge on any atom is 0.264 e. The van der Waals surface area contributed by atoms with Gasteiger partial charge >= 0.3 is 0 Å². The number of hydrogen-bond acceptors (Lipinski definition) is 8. The summed E-state index contributed by atoms with van der Waals surface area (Å²) in [5, 5.41) is 7.45. The number of nitrogens with zero attached hydrogens (tertiary/aromatic N) is 4. The van der Waals surface area contributed by atoms with Crippen LogP contribution in [0.5, 0.6) is 0 Å². The van der Waals surface area contributed by atoms with Crippen LogP contribution in [0.4, 0.5) is 5.82 Å². The van der Waals surface area contributed by atoms with E-state index in [1.165, 1.54) is 21.9 Å². The number of anilines is 1. The van der Waals surface area contributed by atoms with Crippen molar-refractivity contribution in [2.45, 2.75) is 4.21 Å². The Labute approximate surface area is 180 Å². The van der Waals surface area contributed by atoms with Crippen molar-refractivity contribution in [2.24, 2.45) is 0 Å². The number of nitrogens with one attached hydrogen (secondary N) is 1. The molecule has 0 amide bonds. The summed E-state index contributed by atoms with van der Waals surface area (Å²) in [4.78, 5) is 14.0. The normalized spacial score (nSPS) is 15.7. The molecule has 0 atom stereocenters. The highest BCUT2D eigenvalue weighted by atomic mass is 32.2. The van der Waals surface area contributed by atoms with Crippen molar-refractivity contribution in [2.75, 3.05) is 31.1 Å². The predicted octanol–water partition coefficient (Wildman–Crippen LogP) is 2.62. The Morgan fingerprint density at radius 2 is 1.77 bits per heavy atom. The molecule has 0 unspecified atom stereocenters. The molecule has 4 aromatic rings. The third-order valence-electron chi connectivity index (χ3n) is 5.00. The molecule has 1 aliphatic heterocycles. The molecule has 1 aliphatic rings. The van der Waals surface area contributed by atoms with E-state index < -0.39 is 10.0 Å². The lowest BCUT2D eigenvalue weighted by Gasteiger charge is -2.34. The molecule has 0 spiro atoms. The Balaban J connectivity index is 1.33. The molecule has 0 saturated carbocycles.